The molecule has 1 saturated heterocycles. The fourth-order valence-electron chi connectivity index (χ4n) is 3.54. The van der Waals surface area contributed by atoms with E-state index in [4.69, 9.17) is 4.52 Å². The van der Waals surface area contributed by atoms with Gasteiger partial charge in [0.15, 0.2) is 5.82 Å². The summed E-state index contributed by atoms with van der Waals surface area (Å²) in [5.41, 5.74) is -1.35. The molecule has 9 heteroatoms. The van der Waals surface area contributed by atoms with Crippen molar-refractivity contribution in [2.45, 2.75) is 26.2 Å². The molecule has 1 unspecified atom stereocenters. The normalized spacial score (nSPS) is 23.2. The summed E-state index contributed by atoms with van der Waals surface area (Å²) in [6.07, 6.45) is 4.86. The third kappa shape index (κ3) is 4.19. The quantitative estimate of drug-likeness (QED) is 0.579. The highest BCUT2D eigenvalue weighted by molar-refractivity contribution is 6.02. The van der Waals surface area contributed by atoms with Crippen molar-refractivity contribution in [1.82, 2.24) is 15.0 Å². The molecule has 1 aliphatic heterocycles. The zero-order chi connectivity index (χ0) is 19.4. The molecule has 0 saturated carbocycles. The van der Waals surface area contributed by atoms with Crippen LogP contribution in [-0.2, 0) is 14.4 Å². The standard InChI is InChI=1S/C18H24N4O5/c1-13-11-14(20-27-13)19-15(23)12-21-7-9-22(10-8-21)16(24)18(17(25)26)5-3-2-4-6-18/h2-3,11H,4-10,12H2,1H3,(H,25,26)(H,19,20,23). The molecule has 2 amide bonds. The second-order valence-corrected chi connectivity index (χ2v) is 7.04. The molecule has 1 aliphatic carbocycles. The van der Waals surface area contributed by atoms with Gasteiger partial charge in [0.25, 0.3) is 0 Å². The van der Waals surface area contributed by atoms with Crippen LogP contribution in [0, 0.1) is 12.3 Å². The van der Waals surface area contributed by atoms with Crippen molar-refractivity contribution in [3.05, 3.63) is 24.0 Å². The van der Waals surface area contributed by atoms with Gasteiger partial charge in [0, 0.05) is 32.2 Å². The van der Waals surface area contributed by atoms with Crippen molar-refractivity contribution in [3.63, 3.8) is 0 Å². The van der Waals surface area contributed by atoms with Crippen molar-refractivity contribution in [2.24, 2.45) is 5.41 Å². The van der Waals surface area contributed by atoms with E-state index in [-0.39, 0.29) is 24.8 Å². The number of carbonyl (C=O) groups is 3. The lowest BCUT2D eigenvalue weighted by Gasteiger charge is -2.39. The van der Waals surface area contributed by atoms with Crippen molar-refractivity contribution in [3.8, 4) is 0 Å². The Bertz CT molecular complexity index is 751. The molecule has 2 heterocycles. The number of amides is 2. The number of carboxylic acids is 1. The molecule has 0 radical (unpaired) electrons. The second kappa shape index (κ2) is 7.91. The van der Waals surface area contributed by atoms with E-state index in [0.29, 0.717) is 50.6 Å². The van der Waals surface area contributed by atoms with Crippen LogP contribution in [0.1, 0.15) is 25.0 Å². The molecule has 27 heavy (non-hydrogen) atoms. The third-order valence-electron chi connectivity index (χ3n) is 5.11. The minimum atomic E-state index is -1.35. The number of aliphatic carboxylic acids is 1. The number of allylic oxidation sites excluding steroid dienone is 2. The Labute approximate surface area is 157 Å². The predicted molar refractivity (Wildman–Crippen MR) is 95.9 cm³/mol. The lowest BCUT2D eigenvalue weighted by Crippen LogP contribution is -2.56. The van der Waals surface area contributed by atoms with Gasteiger partial charge in [-0.05, 0) is 26.2 Å². The highest BCUT2D eigenvalue weighted by Gasteiger charge is 2.48. The van der Waals surface area contributed by atoms with Crippen LogP contribution in [0.4, 0.5) is 5.82 Å². The van der Waals surface area contributed by atoms with Gasteiger partial charge in [-0.1, -0.05) is 17.3 Å². The first kappa shape index (κ1) is 19.1. The van der Waals surface area contributed by atoms with Crippen LogP contribution in [0.5, 0.6) is 0 Å². The molecule has 0 aromatic carbocycles. The minimum Gasteiger partial charge on any atom is -0.480 e. The third-order valence-corrected chi connectivity index (χ3v) is 5.11. The summed E-state index contributed by atoms with van der Waals surface area (Å²) in [7, 11) is 0. The molecule has 2 N–H and O–H groups in total. The Morgan fingerprint density at radius 1 is 1.26 bits per heavy atom. The van der Waals surface area contributed by atoms with E-state index in [1.54, 1.807) is 24.0 Å². The number of aryl methyl sites for hydroxylation is 1. The van der Waals surface area contributed by atoms with E-state index >= 15 is 0 Å². The van der Waals surface area contributed by atoms with E-state index in [2.05, 4.69) is 10.5 Å². The number of aromatic nitrogens is 1. The van der Waals surface area contributed by atoms with Crippen molar-refractivity contribution < 1.29 is 24.0 Å². The van der Waals surface area contributed by atoms with Gasteiger partial charge in [0.2, 0.25) is 11.8 Å². The maximum absolute atomic E-state index is 12.9. The molecular formula is C18H24N4O5. The van der Waals surface area contributed by atoms with E-state index in [9.17, 15) is 19.5 Å². The highest BCUT2D eigenvalue weighted by Crippen LogP contribution is 2.35. The number of piperazine rings is 1. The first-order chi connectivity index (χ1) is 12.9. The largest absolute Gasteiger partial charge is 0.480 e. The summed E-state index contributed by atoms with van der Waals surface area (Å²) < 4.78 is 4.91. The van der Waals surface area contributed by atoms with Crippen LogP contribution in [0.25, 0.3) is 0 Å². The van der Waals surface area contributed by atoms with E-state index in [1.807, 2.05) is 11.0 Å². The van der Waals surface area contributed by atoms with Gasteiger partial charge in [-0.25, -0.2) is 0 Å². The summed E-state index contributed by atoms with van der Waals surface area (Å²) in [6.45, 7) is 3.78. The average molecular weight is 376 g/mol. The number of hydrogen-bond donors (Lipinski definition) is 2. The zero-order valence-electron chi connectivity index (χ0n) is 15.3. The van der Waals surface area contributed by atoms with Gasteiger partial charge in [0.1, 0.15) is 11.2 Å². The predicted octanol–water partition coefficient (Wildman–Crippen LogP) is 0.877. The molecular weight excluding hydrogens is 352 g/mol. The lowest BCUT2D eigenvalue weighted by atomic mass is 9.75. The molecule has 2 aliphatic rings. The van der Waals surface area contributed by atoms with E-state index < -0.39 is 11.4 Å². The number of hydrogen-bond acceptors (Lipinski definition) is 6. The maximum atomic E-state index is 12.9. The molecule has 1 aromatic rings. The van der Waals surface area contributed by atoms with Crippen molar-refractivity contribution in [1.29, 1.82) is 0 Å². The molecule has 9 nitrogen and oxygen atoms in total. The molecule has 0 bridgehead atoms. The number of anilines is 1. The summed E-state index contributed by atoms with van der Waals surface area (Å²) in [4.78, 5) is 40.3. The monoisotopic (exact) mass is 376 g/mol. The highest BCUT2D eigenvalue weighted by atomic mass is 16.5. The first-order valence-corrected chi connectivity index (χ1v) is 9.04. The Morgan fingerprint density at radius 2 is 2.00 bits per heavy atom. The summed E-state index contributed by atoms with van der Waals surface area (Å²) in [5.74, 6) is -0.590. The molecule has 1 atom stereocenters. The van der Waals surface area contributed by atoms with Crippen molar-refractivity contribution >= 4 is 23.6 Å². The Kier molecular flexibility index (Phi) is 5.59. The fourth-order valence-corrected chi connectivity index (χ4v) is 3.54. The van der Waals surface area contributed by atoms with Gasteiger partial charge in [-0.2, -0.15) is 0 Å². The van der Waals surface area contributed by atoms with Gasteiger partial charge in [0.05, 0.1) is 6.54 Å². The Morgan fingerprint density at radius 3 is 2.56 bits per heavy atom. The van der Waals surface area contributed by atoms with Crippen LogP contribution >= 0.6 is 0 Å². The number of nitrogens with zero attached hydrogens (tertiary/aromatic N) is 3. The second-order valence-electron chi connectivity index (χ2n) is 7.04. The molecule has 1 aromatic heterocycles. The summed E-state index contributed by atoms with van der Waals surface area (Å²) >= 11 is 0. The fraction of sp³-hybridized carbons (Fsp3) is 0.556. The average Bonchev–Trinajstić information content (AvgIpc) is 3.06. The van der Waals surface area contributed by atoms with Gasteiger partial charge in [-0.3, -0.25) is 19.3 Å². The first-order valence-electron chi connectivity index (χ1n) is 9.04. The lowest BCUT2D eigenvalue weighted by molar-refractivity contribution is -0.162. The van der Waals surface area contributed by atoms with Crippen LogP contribution in [0.15, 0.2) is 22.7 Å². The smallest absolute Gasteiger partial charge is 0.319 e. The van der Waals surface area contributed by atoms with Crippen LogP contribution in [-0.4, -0.2) is 70.6 Å². The molecule has 3 rings (SSSR count). The Balaban J connectivity index is 1.52. The summed E-state index contributed by atoms with van der Waals surface area (Å²) in [6, 6.07) is 1.64. The van der Waals surface area contributed by atoms with Crippen LogP contribution < -0.4 is 5.32 Å². The maximum Gasteiger partial charge on any atom is 0.319 e. The van der Waals surface area contributed by atoms with Crippen molar-refractivity contribution in [2.75, 3.05) is 38.0 Å². The van der Waals surface area contributed by atoms with Gasteiger partial charge >= 0.3 is 5.97 Å². The van der Waals surface area contributed by atoms with Crippen LogP contribution in [0.3, 0.4) is 0 Å². The minimum absolute atomic E-state index is 0.181. The number of carboxylic acid groups (broad SMARTS) is 1. The number of carbonyl (C=O) groups excluding carboxylic acids is 2. The van der Waals surface area contributed by atoms with E-state index in [0.717, 1.165) is 0 Å². The molecule has 0 spiro atoms. The van der Waals surface area contributed by atoms with Gasteiger partial charge in [-0.15, -0.1) is 0 Å². The van der Waals surface area contributed by atoms with Gasteiger partial charge < -0.3 is 19.8 Å². The zero-order valence-corrected chi connectivity index (χ0v) is 15.3. The number of nitrogens with one attached hydrogen (secondary N) is 1. The Hall–Kier alpha value is -2.68. The SMILES string of the molecule is Cc1cc(NC(=O)CN2CCN(C(=O)C3(C(=O)O)CC=CCC3)CC2)no1. The summed E-state index contributed by atoms with van der Waals surface area (Å²) in [5, 5.41) is 16.0. The van der Waals surface area contributed by atoms with Crippen LogP contribution in [0.2, 0.25) is 0 Å². The topological polar surface area (TPSA) is 116 Å². The molecule has 146 valence electrons. The van der Waals surface area contributed by atoms with E-state index in [1.165, 1.54) is 0 Å². The number of rotatable bonds is 5. The molecule has 1 fully saturated rings.